The molecular formula is C28H28N2O3. The summed E-state index contributed by atoms with van der Waals surface area (Å²) in [6, 6.07) is 27.2. The zero-order valence-electron chi connectivity index (χ0n) is 18.9. The van der Waals surface area contributed by atoms with Crippen molar-refractivity contribution in [1.82, 2.24) is 9.88 Å². The lowest BCUT2D eigenvalue weighted by Crippen LogP contribution is -2.58. The first-order chi connectivity index (χ1) is 15.9. The van der Waals surface area contributed by atoms with Gasteiger partial charge in [-0.3, -0.25) is 4.79 Å². The molecule has 0 spiro atoms. The number of hydrogen-bond acceptors (Lipinski definition) is 2. The molecule has 1 heterocycles. The first-order valence-electron chi connectivity index (χ1n) is 11.1. The highest BCUT2D eigenvalue weighted by Crippen LogP contribution is 2.40. The Morgan fingerprint density at radius 2 is 1.48 bits per heavy atom. The third-order valence-electron chi connectivity index (χ3n) is 6.52. The van der Waals surface area contributed by atoms with Gasteiger partial charge in [0.2, 0.25) is 5.91 Å². The van der Waals surface area contributed by atoms with Crippen LogP contribution in [0.2, 0.25) is 0 Å². The topological polar surface area (TPSA) is 73.4 Å². The molecule has 1 amide bonds. The molecule has 0 saturated carbocycles. The quantitative estimate of drug-likeness (QED) is 0.386. The Morgan fingerprint density at radius 3 is 2.09 bits per heavy atom. The predicted octanol–water partition coefficient (Wildman–Crippen LogP) is 5.39. The predicted molar refractivity (Wildman–Crippen MR) is 130 cm³/mol. The van der Waals surface area contributed by atoms with Crippen molar-refractivity contribution in [1.29, 1.82) is 0 Å². The van der Waals surface area contributed by atoms with Gasteiger partial charge in [-0.1, -0.05) is 78.9 Å². The van der Waals surface area contributed by atoms with Crippen LogP contribution in [0.15, 0.2) is 91.1 Å². The monoisotopic (exact) mass is 440 g/mol. The van der Waals surface area contributed by atoms with E-state index >= 15 is 0 Å². The highest BCUT2D eigenvalue weighted by atomic mass is 16.4. The van der Waals surface area contributed by atoms with Gasteiger partial charge in [0.05, 0.1) is 0 Å². The molecule has 0 saturated heterocycles. The van der Waals surface area contributed by atoms with E-state index in [1.54, 1.807) is 6.92 Å². The van der Waals surface area contributed by atoms with E-state index in [0.717, 1.165) is 27.6 Å². The molecule has 168 valence electrons. The molecule has 4 aromatic rings. The first-order valence-corrected chi connectivity index (χ1v) is 11.1. The summed E-state index contributed by atoms with van der Waals surface area (Å²) in [6.45, 7) is 3.33. The number of amides is 1. The lowest BCUT2D eigenvalue weighted by Gasteiger charge is -2.43. The summed E-state index contributed by atoms with van der Waals surface area (Å²) in [4.78, 5) is 30.7. The molecule has 5 nitrogen and oxygen atoms in total. The number of para-hydroxylation sites is 1. The molecular weight excluding hydrogens is 412 g/mol. The largest absolute Gasteiger partial charge is 0.479 e. The average Bonchev–Trinajstić information content (AvgIpc) is 3.25. The van der Waals surface area contributed by atoms with Crippen molar-refractivity contribution in [2.75, 3.05) is 0 Å². The highest BCUT2D eigenvalue weighted by molar-refractivity contribution is 5.90. The zero-order valence-corrected chi connectivity index (χ0v) is 18.9. The van der Waals surface area contributed by atoms with Gasteiger partial charge in [0.1, 0.15) is 5.54 Å². The van der Waals surface area contributed by atoms with Crippen LogP contribution in [0.1, 0.15) is 36.5 Å². The average molecular weight is 441 g/mol. The second kappa shape index (κ2) is 9.33. The lowest BCUT2D eigenvalue weighted by atomic mass is 9.75. The second-order valence-electron chi connectivity index (χ2n) is 8.58. The third kappa shape index (κ3) is 4.40. The number of hydrogen-bond donors (Lipinski definition) is 2. The van der Waals surface area contributed by atoms with Gasteiger partial charge in [-0.05, 0) is 36.1 Å². The fourth-order valence-electron chi connectivity index (χ4n) is 4.66. The van der Waals surface area contributed by atoms with Crippen molar-refractivity contribution in [2.45, 2.75) is 38.3 Å². The summed E-state index contributed by atoms with van der Waals surface area (Å²) in [5.41, 5.74) is 2.25. The molecule has 1 aromatic heterocycles. The highest BCUT2D eigenvalue weighted by Gasteiger charge is 2.49. The molecule has 33 heavy (non-hydrogen) atoms. The van der Waals surface area contributed by atoms with Crippen molar-refractivity contribution >= 4 is 22.8 Å². The Labute approximate surface area is 193 Å². The van der Waals surface area contributed by atoms with Crippen LogP contribution in [0.25, 0.3) is 10.9 Å². The number of carbonyl (C=O) groups excluding carboxylic acids is 1. The number of nitrogens with zero attached hydrogens (tertiary/aromatic N) is 1. The number of benzene rings is 3. The molecule has 5 heteroatoms. The number of carbonyl (C=O) groups is 2. The van der Waals surface area contributed by atoms with E-state index in [2.05, 4.69) is 4.98 Å². The molecule has 0 aliphatic carbocycles. The number of rotatable bonds is 8. The minimum absolute atomic E-state index is 0.215. The molecule has 0 aliphatic rings. The Morgan fingerprint density at radius 1 is 0.909 bits per heavy atom. The molecule has 2 N–H and O–H groups in total. The van der Waals surface area contributed by atoms with E-state index in [1.165, 1.54) is 11.8 Å². The van der Waals surface area contributed by atoms with Crippen LogP contribution in [0.3, 0.4) is 0 Å². The molecule has 0 bridgehead atoms. The van der Waals surface area contributed by atoms with Crippen LogP contribution < -0.4 is 0 Å². The van der Waals surface area contributed by atoms with Gasteiger partial charge in [-0.15, -0.1) is 0 Å². The summed E-state index contributed by atoms with van der Waals surface area (Å²) >= 11 is 0. The van der Waals surface area contributed by atoms with E-state index < -0.39 is 17.4 Å². The maximum atomic E-state index is 13.0. The van der Waals surface area contributed by atoms with Crippen molar-refractivity contribution < 1.29 is 14.7 Å². The number of H-pyrrole nitrogens is 1. The van der Waals surface area contributed by atoms with E-state index in [0.29, 0.717) is 6.42 Å². The summed E-state index contributed by atoms with van der Waals surface area (Å²) in [5, 5.41) is 11.6. The number of aliphatic carboxylic acids is 1. The zero-order chi connectivity index (χ0) is 23.4. The summed E-state index contributed by atoms with van der Waals surface area (Å²) in [5.74, 6) is -1.79. The van der Waals surface area contributed by atoms with Gasteiger partial charge in [0, 0.05) is 36.5 Å². The van der Waals surface area contributed by atoms with E-state index in [4.69, 9.17) is 0 Å². The van der Waals surface area contributed by atoms with Gasteiger partial charge in [0.15, 0.2) is 0 Å². The maximum absolute atomic E-state index is 13.0. The van der Waals surface area contributed by atoms with Crippen molar-refractivity contribution in [3.63, 3.8) is 0 Å². The maximum Gasteiger partial charge on any atom is 0.330 e. The van der Waals surface area contributed by atoms with Crippen molar-refractivity contribution in [2.24, 2.45) is 0 Å². The third-order valence-corrected chi connectivity index (χ3v) is 6.52. The van der Waals surface area contributed by atoms with E-state index in [9.17, 15) is 14.7 Å². The fourth-order valence-corrected chi connectivity index (χ4v) is 4.66. The Hall–Kier alpha value is -3.86. The number of nitrogens with one attached hydrogen (secondary N) is 1. The number of carboxylic acid groups (broad SMARTS) is 1. The molecule has 1 unspecified atom stereocenters. The Bertz CT molecular complexity index is 1250. The number of aromatic amines is 1. The molecule has 3 aromatic carbocycles. The second-order valence-corrected chi connectivity index (χ2v) is 8.58. The summed E-state index contributed by atoms with van der Waals surface area (Å²) in [7, 11) is 0. The molecule has 2 atom stereocenters. The van der Waals surface area contributed by atoms with Crippen molar-refractivity contribution in [3.05, 3.63) is 108 Å². The van der Waals surface area contributed by atoms with Gasteiger partial charge in [-0.25, -0.2) is 4.79 Å². The lowest BCUT2D eigenvalue weighted by molar-refractivity contribution is -0.160. The van der Waals surface area contributed by atoms with Crippen LogP contribution in [-0.2, 0) is 22.6 Å². The standard InChI is InChI=1S/C28H28N2O3/c1-20(31)30(19-22-13-7-4-8-14-22)28(2,27(32)33)25(17-21-11-5-3-6-12-21)24-18-29-26-16-10-9-15-23(24)26/h3-16,18,25,29H,17,19H2,1-2H3,(H,32,33)/t25?,28-/m1/s1. The normalized spacial score (nSPS) is 13.9. The van der Waals surface area contributed by atoms with Crippen LogP contribution in [0, 0.1) is 0 Å². The Kier molecular flexibility index (Phi) is 6.31. The minimum Gasteiger partial charge on any atom is -0.479 e. The molecule has 4 rings (SSSR count). The fraction of sp³-hybridized carbons (Fsp3) is 0.214. The smallest absolute Gasteiger partial charge is 0.330 e. The van der Waals surface area contributed by atoms with Crippen LogP contribution >= 0.6 is 0 Å². The first kappa shape index (κ1) is 22.3. The Balaban J connectivity index is 1.88. The van der Waals surface area contributed by atoms with E-state index in [1.807, 2.05) is 91.1 Å². The van der Waals surface area contributed by atoms with Gasteiger partial charge in [-0.2, -0.15) is 0 Å². The summed E-state index contributed by atoms with van der Waals surface area (Å²) in [6.07, 6.45) is 2.37. The SMILES string of the molecule is CC(=O)N(Cc1ccccc1)[C@@](C)(C(=O)O)C(Cc1ccccc1)c1c[nH]c2ccccc12. The molecule has 0 radical (unpaired) electrons. The minimum atomic E-state index is -1.48. The van der Waals surface area contributed by atoms with Gasteiger partial charge in [0.25, 0.3) is 0 Å². The van der Waals surface area contributed by atoms with E-state index in [-0.39, 0.29) is 12.5 Å². The van der Waals surface area contributed by atoms with Gasteiger partial charge < -0.3 is 15.0 Å². The number of carboxylic acids is 1. The number of fused-ring (bicyclic) bond motifs is 1. The van der Waals surface area contributed by atoms with Crippen LogP contribution in [-0.4, -0.2) is 32.4 Å². The summed E-state index contributed by atoms with van der Waals surface area (Å²) < 4.78 is 0. The van der Waals surface area contributed by atoms with Crippen LogP contribution in [0.5, 0.6) is 0 Å². The molecule has 0 fully saturated rings. The van der Waals surface area contributed by atoms with Crippen LogP contribution in [0.4, 0.5) is 0 Å². The van der Waals surface area contributed by atoms with Gasteiger partial charge >= 0.3 is 5.97 Å². The van der Waals surface area contributed by atoms with Crippen molar-refractivity contribution in [3.8, 4) is 0 Å². The molecule has 0 aliphatic heterocycles. The number of aromatic nitrogens is 1.